The van der Waals surface area contributed by atoms with Crippen molar-refractivity contribution in [3.63, 3.8) is 0 Å². The van der Waals surface area contributed by atoms with Gasteiger partial charge in [0.05, 0.1) is 6.54 Å². The summed E-state index contributed by atoms with van der Waals surface area (Å²) in [5, 5.41) is 11.5. The van der Waals surface area contributed by atoms with Gasteiger partial charge in [0.2, 0.25) is 0 Å². The molecule has 1 saturated heterocycles. The lowest BCUT2D eigenvalue weighted by Gasteiger charge is -2.22. The number of hydrogen-bond acceptors (Lipinski definition) is 5. The number of ether oxygens (including phenoxy) is 2. The van der Waals surface area contributed by atoms with Crippen molar-refractivity contribution < 1.29 is 37.7 Å². The number of likely N-dealkylation sites (tertiary alicyclic amines) is 1. The Morgan fingerprint density at radius 2 is 1.71 bits per heavy atom. The molecule has 1 heterocycles. The summed E-state index contributed by atoms with van der Waals surface area (Å²) in [6, 6.07) is 15.9. The Bertz CT molecular complexity index is 1080. The van der Waals surface area contributed by atoms with E-state index in [1.165, 1.54) is 7.11 Å². The van der Waals surface area contributed by atoms with E-state index in [9.17, 15) is 23.2 Å². The Morgan fingerprint density at radius 3 is 2.26 bits per heavy atom. The Hall–Kier alpha value is -3.53. The fourth-order valence-corrected chi connectivity index (χ4v) is 4.71. The van der Waals surface area contributed by atoms with Gasteiger partial charge in [-0.25, -0.2) is 13.6 Å². The highest BCUT2D eigenvalue weighted by Crippen LogP contribution is 2.44. The molecule has 0 saturated carbocycles. The van der Waals surface area contributed by atoms with Crippen molar-refractivity contribution in [3.05, 3.63) is 59.7 Å². The minimum Gasteiger partial charge on any atom is -0.481 e. The van der Waals surface area contributed by atoms with E-state index in [0.717, 1.165) is 27.2 Å². The molecule has 0 aromatic heterocycles. The molecule has 0 bridgehead atoms. The predicted molar refractivity (Wildman–Crippen MR) is 121 cm³/mol. The van der Waals surface area contributed by atoms with Crippen LogP contribution in [0.5, 0.6) is 0 Å². The van der Waals surface area contributed by atoms with Gasteiger partial charge in [-0.2, -0.15) is 0 Å². The van der Waals surface area contributed by atoms with Crippen LogP contribution >= 0.6 is 0 Å². The SMILES string of the molecule is COC(CCNC(=O)OCC1c2ccccc2-c2ccccc21)C(=O)N1CC(C(=O)O)C(F)(F)C1. The fourth-order valence-electron chi connectivity index (χ4n) is 4.71. The Labute approximate surface area is 200 Å². The zero-order valence-corrected chi connectivity index (χ0v) is 19.1. The molecular weight excluding hydrogens is 462 g/mol. The molecule has 0 radical (unpaired) electrons. The summed E-state index contributed by atoms with van der Waals surface area (Å²) in [6.45, 7) is -1.44. The normalized spacial score (nSPS) is 19.1. The zero-order valence-electron chi connectivity index (χ0n) is 19.1. The maximum Gasteiger partial charge on any atom is 0.407 e. The fraction of sp³-hybridized carbons (Fsp3) is 0.400. The number of benzene rings is 2. The summed E-state index contributed by atoms with van der Waals surface area (Å²) in [7, 11) is 1.25. The number of nitrogens with one attached hydrogen (secondary N) is 1. The molecular formula is C25H26F2N2O6. The largest absolute Gasteiger partial charge is 0.481 e. The van der Waals surface area contributed by atoms with E-state index in [-0.39, 0.29) is 25.5 Å². The number of carboxylic acid groups (broad SMARTS) is 1. The number of nitrogens with zero attached hydrogens (tertiary/aromatic N) is 1. The molecule has 2 unspecified atom stereocenters. The van der Waals surface area contributed by atoms with Gasteiger partial charge in [0.15, 0.2) is 0 Å². The second-order valence-corrected chi connectivity index (χ2v) is 8.64. The number of fused-ring (bicyclic) bond motifs is 3. The monoisotopic (exact) mass is 488 g/mol. The van der Waals surface area contributed by atoms with Crippen molar-refractivity contribution in [1.29, 1.82) is 0 Å². The van der Waals surface area contributed by atoms with Crippen LogP contribution in [0, 0.1) is 5.92 Å². The first-order valence-electron chi connectivity index (χ1n) is 11.2. The number of carboxylic acids is 1. The number of aliphatic carboxylic acids is 1. The zero-order chi connectivity index (χ0) is 25.2. The standard InChI is InChI=1S/C25H26F2N2O6/c1-34-21(22(30)29-12-20(23(31)32)25(26,27)14-29)10-11-28-24(33)35-13-19-17-8-4-2-6-15(17)16-7-3-5-9-18(16)19/h2-9,19-21H,10-14H2,1H3,(H,28,33)(H,31,32). The minimum absolute atomic E-state index is 0.00745. The number of carbonyl (C=O) groups excluding carboxylic acids is 2. The number of alkyl carbamates (subject to hydrolysis) is 1. The molecule has 2 aliphatic rings. The van der Waals surface area contributed by atoms with Crippen LogP contribution < -0.4 is 5.32 Å². The first-order chi connectivity index (χ1) is 16.7. The topological polar surface area (TPSA) is 105 Å². The summed E-state index contributed by atoms with van der Waals surface area (Å²) in [4.78, 5) is 36.7. The summed E-state index contributed by atoms with van der Waals surface area (Å²) in [5.74, 6) is -7.97. The van der Waals surface area contributed by atoms with Gasteiger partial charge in [-0.05, 0) is 22.3 Å². The van der Waals surface area contributed by atoms with Gasteiger partial charge < -0.3 is 24.8 Å². The molecule has 1 aliphatic heterocycles. The maximum absolute atomic E-state index is 13.9. The van der Waals surface area contributed by atoms with Crippen LogP contribution in [0.3, 0.4) is 0 Å². The van der Waals surface area contributed by atoms with Crippen molar-refractivity contribution in [2.45, 2.75) is 24.4 Å². The highest BCUT2D eigenvalue weighted by molar-refractivity contribution is 5.83. The van der Waals surface area contributed by atoms with Crippen LogP contribution in [0.2, 0.25) is 0 Å². The van der Waals surface area contributed by atoms with Gasteiger partial charge >= 0.3 is 12.1 Å². The lowest BCUT2D eigenvalue weighted by Crippen LogP contribution is -2.41. The molecule has 35 heavy (non-hydrogen) atoms. The van der Waals surface area contributed by atoms with Crippen LogP contribution in [0.15, 0.2) is 48.5 Å². The molecule has 2 aromatic carbocycles. The average molecular weight is 488 g/mol. The Kier molecular flexibility index (Phi) is 7.02. The second-order valence-electron chi connectivity index (χ2n) is 8.64. The van der Waals surface area contributed by atoms with Gasteiger partial charge in [-0.15, -0.1) is 0 Å². The summed E-state index contributed by atoms with van der Waals surface area (Å²) in [5.41, 5.74) is 4.37. The number of halogens is 2. The molecule has 8 nitrogen and oxygen atoms in total. The minimum atomic E-state index is -3.51. The van der Waals surface area contributed by atoms with Crippen molar-refractivity contribution >= 4 is 18.0 Å². The van der Waals surface area contributed by atoms with Crippen LogP contribution in [0.1, 0.15) is 23.5 Å². The molecule has 1 fully saturated rings. The third-order valence-electron chi connectivity index (χ3n) is 6.50. The van der Waals surface area contributed by atoms with Gasteiger partial charge in [0.25, 0.3) is 11.8 Å². The highest BCUT2D eigenvalue weighted by Gasteiger charge is 2.54. The van der Waals surface area contributed by atoms with Gasteiger partial charge in [0, 0.05) is 32.5 Å². The van der Waals surface area contributed by atoms with Crippen molar-refractivity contribution in [1.82, 2.24) is 10.2 Å². The number of carbonyl (C=O) groups is 3. The van der Waals surface area contributed by atoms with Gasteiger partial charge in [0.1, 0.15) is 18.6 Å². The van der Waals surface area contributed by atoms with Gasteiger partial charge in [-0.3, -0.25) is 9.59 Å². The molecule has 0 spiro atoms. The molecule has 2 amide bonds. The first kappa shape index (κ1) is 24.6. The number of rotatable bonds is 8. The Morgan fingerprint density at radius 1 is 1.11 bits per heavy atom. The first-order valence-corrected chi connectivity index (χ1v) is 11.2. The average Bonchev–Trinajstić information content (AvgIpc) is 3.34. The summed E-state index contributed by atoms with van der Waals surface area (Å²) < 4.78 is 38.4. The van der Waals surface area contributed by atoms with E-state index in [1.807, 2.05) is 48.5 Å². The van der Waals surface area contributed by atoms with E-state index in [1.54, 1.807) is 0 Å². The molecule has 2 atom stereocenters. The van der Waals surface area contributed by atoms with Crippen LogP contribution in [0.4, 0.5) is 13.6 Å². The third-order valence-corrected chi connectivity index (χ3v) is 6.50. The van der Waals surface area contributed by atoms with E-state index < -0.39 is 49.0 Å². The molecule has 2 N–H and O–H groups in total. The summed E-state index contributed by atoms with van der Waals surface area (Å²) in [6.07, 6.45) is -1.76. The number of amides is 2. The predicted octanol–water partition coefficient (Wildman–Crippen LogP) is 3.11. The number of alkyl halides is 2. The van der Waals surface area contributed by atoms with Crippen molar-refractivity contribution in [3.8, 4) is 11.1 Å². The van der Waals surface area contributed by atoms with E-state index in [0.29, 0.717) is 0 Å². The van der Waals surface area contributed by atoms with E-state index in [2.05, 4.69) is 5.32 Å². The molecule has 2 aromatic rings. The maximum atomic E-state index is 13.9. The third kappa shape index (κ3) is 4.97. The lowest BCUT2D eigenvalue weighted by atomic mass is 9.98. The smallest absolute Gasteiger partial charge is 0.407 e. The number of hydrogen-bond donors (Lipinski definition) is 2. The van der Waals surface area contributed by atoms with Crippen LogP contribution in [-0.4, -0.2) is 73.4 Å². The molecule has 4 rings (SSSR count). The van der Waals surface area contributed by atoms with Crippen molar-refractivity contribution in [2.24, 2.45) is 5.92 Å². The van der Waals surface area contributed by atoms with Gasteiger partial charge in [-0.1, -0.05) is 48.5 Å². The van der Waals surface area contributed by atoms with Crippen molar-refractivity contribution in [2.75, 3.05) is 33.4 Å². The molecule has 10 heteroatoms. The lowest BCUT2D eigenvalue weighted by molar-refractivity contribution is -0.151. The van der Waals surface area contributed by atoms with Crippen LogP contribution in [0.25, 0.3) is 11.1 Å². The summed E-state index contributed by atoms with van der Waals surface area (Å²) >= 11 is 0. The molecule has 186 valence electrons. The Balaban J connectivity index is 1.28. The second kappa shape index (κ2) is 9.99. The highest BCUT2D eigenvalue weighted by atomic mass is 19.3. The quantitative estimate of drug-likeness (QED) is 0.592. The van der Waals surface area contributed by atoms with E-state index >= 15 is 0 Å². The number of methoxy groups -OCH3 is 1. The molecule has 1 aliphatic carbocycles. The van der Waals surface area contributed by atoms with E-state index in [4.69, 9.17) is 14.6 Å². The van der Waals surface area contributed by atoms with Crippen LogP contribution in [-0.2, 0) is 19.1 Å².